The Morgan fingerprint density at radius 1 is 0.944 bits per heavy atom. The molecule has 0 atom stereocenters. The summed E-state index contributed by atoms with van der Waals surface area (Å²) in [6.07, 6.45) is 0. The molecule has 1 amide bonds. The largest absolute Gasteiger partial charge is 0.336 e. The molecular formula is C28H34ClN3O3S. The molecule has 3 aromatic carbocycles. The van der Waals surface area contributed by atoms with E-state index >= 15 is 0 Å². The summed E-state index contributed by atoms with van der Waals surface area (Å²) in [6.45, 7) is 10.0. The third kappa shape index (κ3) is 4.90. The predicted octanol–water partition coefficient (Wildman–Crippen LogP) is 5.35. The van der Waals surface area contributed by atoms with Crippen LogP contribution < -0.4 is 5.73 Å². The van der Waals surface area contributed by atoms with Crippen LogP contribution in [0.1, 0.15) is 66.6 Å². The number of hydrogen-bond donors (Lipinski definition) is 1. The molecule has 6 nitrogen and oxygen atoms in total. The van der Waals surface area contributed by atoms with E-state index in [2.05, 4.69) is 27.7 Å². The Morgan fingerprint density at radius 3 is 2.22 bits per heavy atom. The number of benzene rings is 3. The molecule has 4 rings (SSSR count). The Hall–Kier alpha value is -2.45. The van der Waals surface area contributed by atoms with Gasteiger partial charge in [-0.2, -0.15) is 4.31 Å². The van der Waals surface area contributed by atoms with E-state index in [1.807, 2.05) is 24.3 Å². The highest BCUT2D eigenvalue weighted by Gasteiger charge is 2.32. The van der Waals surface area contributed by atoms with Gasteiger partial charge < -0.3 is 10.6 Å². The molecule has 1 heterocycles. The maximum absolute atomic E-state index is 13.6. The number of halogens is 1. The minimum Gasteiger partial charge on any atom is -0.336 e. The maximum Gasteiger partial charge on any atom is 0.254 e. The first-order valence-corrected chi connectivity index (χ1v) is 14.2. The minimum atomic E-state index is -3.69. The lowest BCUT2D eigenvalue weighted by Gasteiger charge is -2.35. The molecule has 192 valence electrons. The highest BCUT2D eigenvalue weighted by atomic mass is 35.5. The van der Waals surface area contributed by atoms with E-state index in [4.69, 9.17) is 17.3 Å². The van der Waals surface area contributed by atoms with Gasteiger partial charge in [0.25, 0.3) is 5.91 Å². The van der Waals surface area contributed by atoms with Crippen LogP contribution in [0.4, 0.5) is 0 Å². The lowest BCUT2D eigenvalue weighted by molar-refractivity contribution is 0.0696. The first kappa shape index (κ1) is 26.6. The Bertz CT molecular complexity index is 1390. The van der Waals surface area contributed by atoms with E-state index in [0.717, 1.165) is 27.5 Å². The summed E-state index contributed by atoms with van der Waals surface area (Å²) in [5, 5.41) is 2.18. The fraction of sp³-hybridized carbons (Fsp3) is 0.393. The van der Waals surface area contributed by atoms with Gasteiger partial charge in [0.2, 0.25) is 10.0 Å². The number of nitrogens with two attached hydrogens (primary N) is 1. The van der Waals surface area contributed by atoms with E-state index in [1.54, 1.807) is 29.2 Å². The summed E-state index contributed by atoms with van der Waals surface area (Å²) < 4.78 is 28.2. The Balaban J connectivity index is 1.56. The zero-order chi connectivity index (χ0) is 26.2. The third-order valence-electron chi connectivity index (χ3n) is 6.94. The average Bonchev–Trinajstić information content (AvgIpc) is 2.87. The highest BCUT2D eigenvalue weighted by molar-refractivity contribution is 7.89. The SMILES string of the molecule is CC(C)c1c(CN)ccc(C(=O)N2CCN(S(=O)(=O)c3ccc4c(Cl)cccc4c3)CC2)c1C(C)C. The number of carbonyl (C=O) groups is 1. The number of carbonyl (C=O) groups excluding carboxylic acids is 1. The molecule has 1 aliphatic heterocycles. The summed E-state index contributed by atoms with van der Waals surface area (Å²) in [7, 11) is -3.69. The van der Waals surface area contributed by atoms with Crippen LogP contribution in [0, 0.1) is 0 Å². The molecule has 3 aromatic rings. The first-order chi connectivity index (χ1) is 17.1. The molecule has 0 aliphatic carbocycles. The zero-order valence-corrected chi connectivity index (χ0v) is 22.9. The molecule has 1 fully saturated rings. The van der Waals surface area contributed by atoms with Crippen molar-refractivity contribution in [3.8, 4) is 0 Å². The Morgan fingerprint density at radius 2 is 1.61 bits per heavy atom. The van der Waals surface area contributed by atoms with Crippen LogP contribution in [0.2, 0.25) is 5.02 Å². The van der Waals surface area contributed by atoms with Crippen molar-refractivity contribution in [1.82, 2.24) is 9.21 Å². The molecule has 0 aromatic heterocycles. The second-order valence-corrected chi connectivity index (χ2v) is 12.3. The number of rotatable bonds is 6. The molecule has 2 N–H and O–H groups in total. The minimum absolute atomic E-state index is 0.0541. The number of piperazine rings is 1. The summed E-state index contributed by atoms with van der Waals surface area (Å²) in [5.74, 6) is 0.352. The molecule has 0 bridgehead atoms. The Kier molecular flexibility index (Phi) is 7.76. The molecule has 0 radical (unpaired) electrons. The van der Waals surface area contributed by atoms with Crippen molar-refractivity contribution in [1.29, 1.82) is 0 Å². The fourth-order valence-corrected chi connectivity index (χ4v) is 6.89. The molecule has 0 spiro atoms. The molecule has 0 saturated carbocycles. The summed E-state index contributed by atoms with van der Waals surface area (Å²) in [5.41, 5.74) is 9.95. The Labute approximate surface area is 219 Å². The van der Waals surface area contributed by atoms with Crippen LogP contribution in [-0.2, 0) is 16.6 Å². The van der Waals surface area contributed by atoms with Crippen molar-refractivity contribution in [2.45, 2.75) is 51.0 Å². The molecule has 36 heavy (non-hydrogen) atoms. The monoisotopic (exact) mass is 527 g/mol. The lowest BCUT2D eigenvalue weighted by atomic mass is 9.83. The highest BCUT2D eigenvalue weighted by Crippen LogP contribution is 2.33. The molecular weight excluding hydrogens is 494 g/mol. The van der Waals surface area contributed by atoms with Crippen LogP contribution in [0.5, 0.6) is 0 Å². The van der Waals surface area contributed by atoms with Gasteiger partial charge in [-0.15, -0.1) is 0 Å². The van der Waals surface area contributed by atoms with Crippen molar-refractivity contribution < 1.29 is 13.2 Å². The number of amides is 1. The van der Waals surface area contributed by atoms with Crippen molar-refractivity contribution >= 4 is 38.3 Å². The van der Waals surface area contributed by atoms with Crippen LogP contribution in [-0.4, -0.2) is 49.7 Å². The van der Waals surface area contributed by atoms with E-state index < -0.39 is 10.0 Å². The van der Waals surface area contributed by atoms with Gasteiger partial charge in [0.15, 0.2) is 0 Å². The number of fused-ring (bicyclic) bond motifs is 1. The molecule has 8 heteroatoms. The normalized spacial score (nSPS) is 15.3. The molecule has 0 unspecified atom stereocenters. The summed E-state index contributed by atoms with van der Waals surface area (Å²) >= 11 is 6.24. The van der Waals surface area contributed by atoms with Crippen LogP contribution >= 0.6 is 11.6 Å². The van der Waals surface area contributed by atoms with E-state index in [0.29, 0.717) is 30.2 Å². The fourth-order valence-electron chi connectivity index (χ4n) is 5.18. The van der Waals surface area contributed by atoms with Gasteiger partial charge in [-0.05, 0) is 58.2 Å². The van der Waals surface area contributed by atoms with Crippen molar-refractivity contribution in [2.24, 2.45) is 5.73 Å². The van der Waals surface area contributed by atoms with Gasteiger partial charge >= 0.3 is 0 Å². The molecule has 1 aliphatic rings. The van der Waals surface area contributed by atoms with Gasteiger partial charge in [-0.25, -0.2) is 8.42 Å². The van der Waals surface area contributed by atoms with E-state index in [-0.39, 0.29) is 35.7 Å². The average molecular weight is 528 g/mol. The van der Waals surface area contributed by atoms with Crippen LogP contribution in [0.15, 0.2) is 53.4 Å². The summed E-state index contributed by atoms with van der Waals surface area (Å²) in [6, 6.07) is 14.3. The van der Waals surface area contributed by atoms with Crippen LogP contribution in [0.25, 0.3) is 10.8 Å². The lowest BCUT2D eigenvalue weighted by Crippen LogP contribution is -2.50. The number of sulfonamides is 1. The second kappa shape index (κ2) is 10.5. The molecule has 1 saturated heterocycles. The predicted molar refractivity (Wildman–Crippen MR) is 146 cm³/mol. The van der Waals surface area contributed by atoms with Gasteiger partial charge in [0, 0.05) is 48.7 Å². The van der Waals surface area contributed by atoms with E-state index in [9.17, 15) is 13.2 Å². The van der Waals surface area contributed by atoms with Gasteiger partial charge in [0.05, 0.1) is 4.90 Å². The van der Waals surface area contributed by atoms with Crippen molar-refractivity contribution in [3.05, 3.63) is 75.8 Å². The van der Waals surface area contributed by atoms with E-state index in [1.165, 1.54) is 4.31 Å². The second-order valence-electron chi connectivity index (χ2n) is 9.93. The number of nitrogens with zero attached hydrogens (tertiary/aromatic N) is 2. The maximum atomic E-state index is 13.6. The quantitative estimate of drug-likeness (QED) is 0.468. The van der Waals surface area contributed by atoms with Gasteiger partial charge in [0.1, 0.15) is 0 Å². The standard InChI is InChI=1S/C28H34ClN3O3S/c1-18(2)26-21(17-30)8-10-24(27(26)19(3)4)28(33)31-12-14-32(15-13-31)36(34,35)22-9-11-23-20(16-22)6-5-7-25(23)29/h5-11,16,18-19H,12-15,17,30H2,1-4H3. The smallest absolute Gasteiger partial charge is 0.254 e. The van der Waals surface area contributed by atoms with Gasteiger partial charge in [-0.1, -0.05) is 63.6 Å². The number of hydrogen-bond acceptors (Lipinski definition) is 4. The van der Waals surface area contributed by atoms with Crippen molar-refractivity contribution in [2.75, 3.05) is 26.2 Å². The first-order valence-electron chi connectivity index (χ1n) is 12.4. The summed E-state index contributed by atoms with van der Waals surface area (Å²) in [4.78, 5) is 15.6. The third-order valence-corrected chi connectivity index (χ3v) is 9.17. The van der Waals surface area contributed by atoms with Gasteiger partial charge in [-0.3, -0.25) is 4.79 Å². The topological polar surface area (TPSA) is 83.7 Å². The van der Waals surface area contributed by atoms with Crippen molar-refractivity contribution in [3.63, 3.8) is 0 Å². The zero-order valence-electron chi connectivity index (χ0n) is 21.3. The van der Waals surface area contributed by atoms with Crippen LogP contribution in [0.3, 0.4) is 0 Å².